The molecule has 0 radical (unpaired) electrons. The molecule has 102 valence electrons. The Bertz CT molecular complexity index is 328. The normalized spacial score (nSPS) is 27.3. The maximum absolute atomic E-state index is 12.1. The number of rotatable bonds is 6. The van der Waals surface area contributed by atoms with Gasteiger partial charge in [-0.15, -0.1) is 0 Å². The Morgan fingerprint density at radius 3 is 3.00 bits per heavy atom. The van der Waals surface area contributed by atoms with Crippen LogP contribution in [-0.4, -0.2) is 31.7 Å². The van der Waals surface area contributed by atoms with Crippen molar-refractivity contribution >= 4 is 5.97 Å². The second-order valence-corrected chi connectivity index (χ2v) is 4.84. The average molecular weight is 254 g/mol. The van der Waals surface area contributed by atoms with Crippen LogP contribution in [-0.2, 0) is 9.53 Å². The molecule has 1 aliphatic rings. The fourth-order valence-electron chi connectivity index (χ4n) is 2.67. The number of methoxy groups -OCH3 is 1. The molecule has 1 fully saturated rings. The van der Waals surface area contributed by atoms with Gasteiger partial charge in [0.05, 0.1) is 7.11 Å². The molecule has 0 aliphatic heterocycles. The van der Waals surface area contributed by atoms with Crippen LogP contribution in [0.15, 0.2) is 5.11 Å². The summed E-state index contributed by atoms with van der Waals surface area (Å²) in [6, 6.07) is 0. The van der Waals surface area contributed by atoms with Crippen molar-refractivity contribution in [2.45, 2.75) is 44.6 Å². The summed E-state index contributed by atoms with van der Waals surface area (Å²) in [6.07, 6.45) is 4.80. The number of carbonyl (C=O) groups is 1. The Morgan fingerprint density at radius 2 is 2.39 bits per heavy atom. The molecule has 1 N–H and O–H groups in total. The van der Waals surface area contributed by atoms with Crippen molar-refractivity contribution in [3.05, 3.63) is 10.4 Å². The Hall–Kier alpha value is -1.26. The fourth-order valence-corrected chi connectivity index (χ4v) is 2.67. The number of nitrogens with one attached hydrogen (secondary N) is 1. The summed E-state index contributed by atoms with van der Waals surface area (Å²) in [5.74, 6) is 0.108. The predicted molar refractivity (Wildman–Crippen MR) is 69.0 cm³/mol. The first-order valence-corrected chi connectivity index (χ1v) is 6.51. The molecule has 0 amide bonds. The molecule has 1 saturated carbocycles. The van der Waals surface area contributed by atoms with Gasteiger partial charge in [-0.3, -0.25) is 4.79 Å². The van der Waals surface area contributed by atoms with Gasteiger partial charge in [-0.25, -0.2) is 0 Å². The van der Waals surface area contributed by atoms with Gasteiger partial charge in [-0.2, -0.15) is 0 Å². The molecule has 0 aromatic carbocycles. The number of carbonyl (C=O) groups excluding carboxylic acids is 1. The van der Waals surface area contributed by atoms with E-state index >= 15 is 0 Å². The quantitative estimate of drug-likeness (QED) is 0.259. The van der Waals surface area contributed by atoms with Gasteiger partial charge < -0.3 is 10.1 Å². The number of esters is 1. The third kappa shape index (κ3) is 3.37. The van der Waals surface area contributed by atoms with Crippen molar-refractivity contribution in [1.29, 1.82) is 0 Å². The Balaban J connectivity index is 2.60. The minimum atomic E-state index is -0.552. The van der Waals surface area contributed by atoms with E-state index in [0.29, 0.717) is 13.1 Å². The van der Waals surface area contributed by atoms with Crippen LogP contribution in [0.3, 0.4) is 0 Å². The summed E-state index contributed by atoms with van der Waals surface area (Å²) in [7, 11) is 1.44. The second kappa shape index (κ2) is 7.24. The highest BCUT2D eigenvalue weighted by Gasteiger charge is 2.45. The lowest BCUT2D eigenvalue weighted by Crippen LogP contribution is -2.58. The van der Waals surface area contributed by atoms with Crippen molar-refractivity contribution < 1.29 is 9.53 Å². The highest BCUT2D eigenvalue weighted by atomic mass is 16.5. The van der Waals surface area contributed by atoms with Crippen LogP contribution in [0.2, 0.25) is 0 Å². The zero-order chi connectivity index (χ0) is 13.4. The van der Waals surface area contributed by atoms with Crippen LogP contribution in [0, 0.1) is 5.92 Å². The van der Waals surface area contributed by atoms with Gasteiger partial charge in [0.15, 0.2) is 0 Å². The Morgan fingerprint density at radius 1 is 1.61 bits per heavy atom. The Kier molecular flexibility index (Phi) is 5.95. The molecule has 6 nitrogen and oxygen atoms in total. The van der Waals surface area contributed by atoms with Gasteiger partial charge in [0, 0.05) is 11.5 Å². The largest absolute Gasteiger partial charge is 0.468 e. The third-order valence-electron chi connectivity index (χ3n) is 3.79. The van der Waals surface area contributed by atoms with Gasteiger partial charge in [0.2, 0.25) is 0 Å². The average Bonchev–Trinajstić information content (AvgIpc) is 2.39. The van der Waals surface area contributed by atoms with Gasteiger partial charge in [-0.05, 0) is 37.3 Å². The van der Waals surface area contributed by atoms with E-state index in [1.54, 1.807) is 0 Å². The van der Waals surface area contributed by atoms with E-state index in [4.69, 9.17) is 10.3 Å². The van der Waals surface area contributed by atoms with E-state index in [2.05, 4.69) is 22.3 Å². The highest BCUT2D eigenvalue weighted by molar-refractivity contribution is 5.81. The maximum atomic E-state index is 12.1. The molecule has 0 aromatic heterocycles. The number of hydrogen-bond acceptors (Lipinski definition) is 4. The van der Waals surface area contributed by atoms with Gasteiger partial charge >= 0.3 is 5.97 Å². The SMILES string of the molecule is COC(=O)C1(NCCCN=[N+]=[N-])CCCCC1C. The summed E-state index contributed by atoms with van der Waals surface area (Å²) < 4.78 is 4.96. The maximum Gasteiger partial charge on any atom is 0.326 e. The fraction of sp³-hybridized carbons (Fsp3) is 0.917. The molecular weight excluding hydrogens is 232 g/mol. The number of nitrogens with zero attached hydrogens (tertiary/aromatic N) is 3. The van der Waals surface area contributed by atoms with Crippen LogP contribution < -0.4 is 5.32 Å². The molecule has 0 heterocycles. The zero-order valence-corrected chi connectivity index (χ0v) is 11.2. The van der Waals surface area contributed by atoms with Crippen molar-refractivity contribution in [3.63, 3.8) is 0 Å². The molecular formula is C12H22N4O2. The molecule has 2 unspecified atom stereocenters. The third-order valence-corrected chi connectivity index (χ3v) is 3.79. The van der Waals surface area contributed by atoms with Crippen molar-refractivity contribution in [1.82, 2.24) is 5.32 Å². The van der Waals surface area contributed by atoms with Gasteiger partial charge in [-0.1, -0.05) is 24.9 Å². The monoisotopic (exact) mass is 254 g/mol. The predicted octanol–water partition coefficient (Wildman–Crippen LogP) is 2.40. The molecule has 1 aliphatic carbocycles. The first kappa shape index (κ1) is 14.8. The van der Waals surface area contributed by atoms with E-state index < -0.39 is 5.54 Å². The number of azide groups is 1. The molecule has 18 heavy (non-hydrogen) atoms. The lowest BCUT2D eigenvalue weighted by Gasteiger charge is -2.40. The number of hydrogen-bond donors (Lipinski definition) is 1. The van der Waals surface area contributed by atoms with E-state index in [1.165, 1.54) is 13.5 Å². The molecule has 0 saturated heterocycles. The molecule has 1 rings (SSSR count). The zero-order valence-electron chi connectivity index (χ0n) is 11.2. The molecule has 0 bridgehead atoms. The lowest BCUT2D eigenvalue weighted by atomic mass is 9.73. The van der Waals surface area contributed by atoms with E-state index in [1.807, 2.05) is 0 Å². The van der Waals surface area contributed by atoms with Crippen LogP contribution in [0.5, 0.6) is 0 Å². The summed E-state index contributed by atoms with van der Waals surface area (Å²) in [5, 5.41) is 6.82. The summed E-state index contributed by atoms with van der Waals surface area (Å²) in [4.78, 5) is 14.8. The van der Waals surface area contributed by atoms with Gasteiger partial charge in [0.1, 0.15) is 5.54 Å². The minimum Gasteiger partial charge on any atom is -0.468 e. The summed E-state index contributed by atoms with van der Waals surface area (Å²) >= 11 is 0. The van der Waals surface area contributed by atoms with E-state index in [9.17, 15) is 4.79 Å². The standard InChI is InChI=1S/C12H22N4O2/c1-10-6-3-4-7-12(10,11(17)18-2)14-8-5-9-15-16-13/h10,14H,3-9H2,1-2H3. The van der Waals surface area contributed by atoms with Crippen molar-refractivity contribution in [2.75, 3.05) is 20.2 Å². The number of ether oxygens (including phenoxy) is 1. The first-order valence-electron chi connectivity index (χ1n) is 6.51. The van der Waals surface area contributed by atoms with Crippen LogP contribution in [0.25, 0.3) is 10.4 Å². The van der Waals surface area contributed by atoms with E-state index in [0.717, 1.165) is 25.7 Å². The Labute approximate surface area is 108 Å². The van der Waals surface area contributed by atoms with Crippen molar-refractivity contribution in [3.8, 4) is 0 Å². The topological polar surface area (TPSA) is 87.1 Å². The minimum absolute atomic E-state index is 0.168. The smallest absolute Gasteiger partial charge is 0.326 e. The van der Waals surface area contributed by atoms with Crippen LogP contribution in [0.4, 0.5) is 0 Å². The second-order valence-electron chi connectivity index (χ2n) is 4.84. The molecule has 0 spiro atoms. The highest BCUT2D eigenvalue weighted by Crippen LogP contribution is 2.34. The first-order chi connectivity index (χ1) is 8.67. The van der Waals surface area contributed by atoms with E-state index in [-0.39, 0.29) is 11.9 Å². The van der Waals surface area contributed by atoms with Crippen LogP contribution in [0.1, 0.15) is 39.0 Å². The molecule has 6 heteroatoms. The van der Waals surface area contributed by atoms with Crippen molar-refractivity contribution in [2.24, 2.45) is 11.0 Å². The van der Waals surface area contributed by atoms with Gasteiger partial charge in [0.25, 0.3) is 0 Å². The molecule has 2 atom stereocenters. The van der Waals surface area contributed by atoms with Crippen LogP contribution >= 0.6 is 0 Å². The lowest BCUT2D eigenvalue weighted by molar-refractivity contribution is -0.152. The summed E-state index contributed by atoms with van der Waals surface area (Å²) in [6.45, 7) is 3.21. The summed E-state index contributed by atoms with van der Waals surface area (Å²) in [5.41, 5.74) is 7.64. The molecule has 0 aromatic rings.